The fraction of sp³-hybridized carbons (Fsp3) is 1.00. The predicted octanol–water partition coefficient (Wildman–Crippen LogP) is 4.25. The number of unbranched alkanes of at least 4 members (excludes halogenated alkanes) is 1. The zero-order valence-electron chi connectivity index (χ0n) is 12.8. The van der Waals surface area contributed by atoms with E-state index in [1.807, 2.05) is 0 Å². The molecule has 0 aromatic rings. The summed E-state index contributed by atoms with van der Waals surface area (Å²) in [5.74, 6) is 8.40. The van der Waals surface area contributed by atoms with Crippen LogP contribution >= 0.6 is 0 Å². The average molecular weight is 254 g/mol. The van der Waals surface area contributed by atoms with Crippen LogP contribution in [0, 0.1) is 17.8 Å². The van der Waals surface area contributed by atoms with Crippen LogP contribution in [0.1, 0.15) is 78.6 Å². The van der Waals surface area contributed by atoms with Gasteiger partial charge in [-0.25, -0.2) is 0 Å². The summed E-state index contributed by atoms with van der Waals surface area (Å²) in [5.41, 5.74) is 3.20. The Kier molecular flexibility index (Phi) is 7.92. The molecule has 0 aliphatic heterocycles. The summed E-state index contributed by atoms with van der Waals surface area (Å²) in [7, 11) is 0. The highest BCUT2D eigenvalue weighted by molar-refractivity contribution is 4.87. The molecule has 0 aromatic carbocycles. The summed E-state index contributed by atoms with van der Waals surface area (Å²) in [4.78, 5) is 0. The number of hydrogen-bond acceptors (Lipinski definition) is 2. The first kappa shape index (κ1) is 16.0. The Morgan fingerprint density at radius 1 is 1.17 bits per heavy atom. The van der Waals surface area contributed by atoms with Gasteiger partial charge in [0.1, 0.15) is 0 Å². The SMILES string of the molecule is CCCCC(CC)C(NN)C1CCCCC1CC. The van der Waals surface area contributed by atoms with Crippen molar-refractivity contribution < 1.29 is 0 Å². The predicted molar refractivity (Wildman–Crippen MR) is 80.2 cm³/mol. The molecule has 0 amide bonds. The third-order valence-corrected chi connectivity index (χ3v) is 5.11. The Bertz CT molecular complexity index is 205. The molecule has 1 fully saturated rings. The van der Waals surface area contributed by atoms with Crippen LogP contribution in [0.25, 0.3) is 0 Å². The van der Waals surface area contributed by atoms with Crippen LogP contribution in [0.5, 0.6) is 0 Å². The lowest BCUT2D eigenvalue weighted by Crippen LogP contribution is -2.49. The van der Waals surface area contributed by atoms with E-state index >= 15 is 0 Å². The Morgan fingerprint density at radius 2 is 1.89 bits per heavy atom. The molecule has 2 heteroatoms. The zero-order valence-corrected chi connectivity index (χ0v) is 12.8. The Hall–Kier alpha value is -0.0800. The zero-order chi connectivity index (χ0) is 13.4. The van der Waals surface area contributed by atoms with Gasteiger partial charge in [-0.15, -0.1) is 0 Å². The maximum Gasteiger partial charge on any atom is 0.0269 e. The van der Waals surface area contributed by atoms with E-state index in [4.69, 9.17) is 5.84 Å². The van der Waals surface area contributed by atoms with Gasteiger partial charge in [-0.3, -0.25) is 11.3 Å². The van der Waals surface area contributed by atoms with Crippen molar-refractivity contribution in [2.24, 2.45) is 23.6 Å². The smallest absolute Gasteiger partial charge is 0.0269 e. The molecule has 18 heavy (non-hydrogen) atoms. The number of hydrazine groups is 1. The van der Waals surface area contributed by atoms with Crippen LogP contribution < -0.4 is 11.3 Å². The lowest BCUT2D eigenvalue weighted by Gasteiger charge is -2.40. The van der Waals surface area contributed by atoms with Gasteiger partial charge in [0.2, 0.25) is 0 Å². The minimum absolute atomic E-state index is 0.548. The van der Waals surface area contributed by atoms with Crippen LogP contribution in [0.2, 0.25) is 0 Å². The summed E-state index contributed by atoms with van der Waals surface area (Å²) in [5, 5.41) is 0. The molecular weight excluding hydrogens is 220 g/mol. The summed E-state index contributed by atoms with van der Waals surface area (Å²) < 4.78 is 0. The van der Waals surface area contributed by atoms with Crippen LogP contribution in [-0.2, 0) is 0 Å². The van der Waals surface area contributed by atoms with E-state index in [1.165, 1.54) is 57.8 Å². The molecule has 1 aliphatic carbocycles. The first-order chi connectivity index (χ1) is 8.78. The highest BCUT2D eigenvalue weighted by atomic mass is 15.2. The van der Waals surface area contributed by atoms with Gasteiger partial charge in [-0.05, 0) is 30.6 Å². The van der Waals surface area contributed by atoms with Crippen LogP contribution in [-0.4, -0.2) is 6.04 Å². The highest BCUT2D eigenvalue weighted by Crippen LogP contribution is 2.38. The van der Waals surface area contributed by atoms with Crippen molar-refractivity contribution in [3.8, 4) is 0 Å². The third-order valence-electron chi connectivity index (χ3n) is 5.11. The fourth-order valence-electron chi connectivity index (χ4n) is 3.93. The van der Waals surface area contributed by atoms with E-state index in [0.29, 0.717) is 6.04 Å². The third kappa shape index (κ3) is 4.24. The van der Waals surface area contributed by atoms with Crippen molar-refractivity contribution >= 4 is 0 Å². The van der Waals surface area contributed by atoms with Gasteiger partial charge < -0.3 is 0 Å². The molecule has 0 heterocycles. The van der Waals surface area contributed by atoms with E-state index in [9.17, 15) is 0 Å². The molecule has 0 saturated heterocycles. The lowest BCUT2D eigenvalue weighted by molar-refractivity contribution is 0.129. The van der Waals surface area contributed by atoms with E-state index in [1.54, 1.807) is 0 Å². The number of hydrogen-bond donors (Lipinski definition) is 2. The second kappa shape index (κ2) is 8.92. The van der Waals surface area contributed by atoms with E-state index in [2.05, 4.69) is 26.2 Å². The summed E-state index contributed by atoms with van der Waals surface area (Å²) in [6, 6.07) is 0.548. The fourth-order valence-corrected chi connectivity index (χ4v) is 3.93. The molecule has 0 aromatic heterocycles. The van der Waals surface area contributed by atoms with Crippen molar-refractivity contribution in [3.05, 3.63) is 0 Å². The topological polar surface area (TPSA) is 38.0 Å². The van der Waals surface area contributed by atoms with Gasteiger partial charge >= 0.3 is 0 Å². The van der Waals surface area contributed by atoms with Gasteiger partial charge in [-0.1, -0.05) is 65.7 Å². The Morgan fingerprint density at radius 3 is 2.44 bits per heavy atom. The molecule has 4 unspecified atom stereocenters. The van der Waals surface area contributed by atoms with E-state index in [0.717, 1.165) is 17.8 Å². The normalized spacial score (nSPS) is 28.0. The van der Waals surface area contributed by atoms with Crippen molar-refractivity contribution in [2.45, 2.75) is 84.6 Å². The first-order valence-electron chi connectivity index (χ1n) is 8.24. The minimum Gasteiger partial charge on any atom is -0.271 e. The monoisotopic (exact) mass is 254 g/mol. The van der Waals surface area contributed by atoms with Gasteiger partial charge in [0.25, 0.3) is 0 Å². The summed E-state index contributed by atoms with van der Waals surface area (Å²) in [6.45, 7) is 6.96. The van der Waals surface area contributed by atoms with Crippen LogP contribution in [0.4, 0.5) is 0 Å². The molecule has 0 bridgehead atoms. The van der Waals surface area contributed by atoms with Crippen LogP contribution in [0.3, 0.4) is 0 Å². The molecule has 0 radical (unpaired) electrons. The molecule has 108 valence electrons. The maximum atomic E-state index is 5.92. The molecular formula is C16H34N2. The Labute approximate surface area is 114 Å². The number of nitrogens with two attached hydrogens (primary N) is 1. The van der Waals surface area contributed by atoms with Crippen molar-refractivity contribution in [1.29, 1.82) is 0 Å². The van der Waals surface area contributed by atoms with Gasteiger partial charge in [0.05, 0.1) is 0 Å². The minimum atomic E-state index is 0.548. The van der Waals surface area contributed by atoms with Crippen molar-refractivity contribution in [2.75, 3.05) is 0 Å². The highest BCUT2D eigenvalue weighted by Gasteiger charge is 2.33. The quantitative estimate of drug-likeness (QED) is 0.502. The van der Waals surface area contributed by atoms with E-state index < -0.39 is 0 Å². The Balaban J connectivity index is 2.65. The first-order valence-corrected chi connectivity index (χ1v) is 8.24. The molecule has 4 atom stereocenters. The molecule has 0 spiro atoms. The molecule has 1 aliphatic rings. The summed E-state index contributed by atoms with van der Waals surface area (Å²) in [6.07, 6.45) is 12.2. The molecule has 1 rings (SSSR count). The molecule has 1 saturated carbocycles. The van der Waals surface area contributed by atoms with Gasteiger partial charge in [-0.2, -0.15) is 0 Å². The largest absolute Gasteiger partial charge is 0.271 e. The second-order valence-electron chi connectivity index (χ2n) is 6.12. The summed E-state index contributed by atoms with van der Waals surface area (Å²) >= 11 is 0. The number of rotatable bonds is 8. The van der Waals surface area contributed by atoms with Crippen molar-refractivity contribution in [3.63, 3.8) is 0 Å². The second-order valence-corrected chi connectivity index (χ2v) is 6.12. The van der Waals surface area contributed by atoms with E-state index in [-0.39, 0.29) is 0 Å². The van der Waals surface area contributed by atoms with Crippen LogP contribution in [0.15, 0.2) is 0 Å². The standard InChI is InChI=1S/C16H34N2/c1-4-7-10-14(6-3)16(18-17)15-12-9-8-11-13(15)5-2/h13-16,18H,4-12,17H2,1-3H3. The van der Waals surface area contributed by atoms with Gasteiger partial charge in [0, 0.05) is 6.04 Å². The molecule has 3 N–H and O–H groups in total. The van der Waals surface area contributed by atoms with Crippen molar-refractivity contribution in [1.82, 2.24) is 5.43 Å². The number of nitrogens with one attached hydrogen (secondary N) is 1. The molecule has 2 nitrogen and oxygen atoms in total. The van der Waals surface area contributed by atoms with Gasteiger partial charge in [0.15, 0.2) is 0 Å². The maximum absolute atomic E-state index is 5.92. The lowest BCUT2D eigenvalue weighted by atomic mass is 9.70. The average Bonchev–Trinajstić information content (AvgIpc) is 2.43.